The second-order valence-corrected chi connectivity index (χ2v) is 6.86. The second-order valence-electron chi connectivity index (χ2n) is 4.80. The van der Waals surface area contributed by atoms with Crippen LogP contribution in [0.15, 0.2) is 52.6 Å². The predicted octanol–water partition coefficient (Wildman–Crippen LogP) is 2.19. The zero-order valence-electron chi connectivity index (χ0n) is 12.3. The smallest absolute Gasteiger partial charge is 0.230 e. The molecule has 3 aromatic rings. The van der Waals surface area contributed by atoms with Crippen LogP contribution in [0, 0.1) is 0 Å². The fraction of sp³-hybridized carbons (Fsp3) is 0.200. The maximum Gasteiger partial charge on any atom is 0.230 e. The molecule has 0 fully saturated rings. The molecule has 0 saturated heterocycles. The first-order valence-electron chi connectivity index (χ1n) is 7.00. The molecule has 23 heavy (non-hydrogen) atoms. The summed E-state index contributed by atoms with van der Waals surface area (Å²) in [5.41, 5.74) is 3.83. The van der Waals surface area contributed by atoms with Gasteiger partial charge in [-0.3, -0.25) is 9.48 Å². The lowest BCUT2D eigenvalue weighted by Crippen LogP contribution is -2.24. The minimum atomic E-state index is -0.0268. The number of benzene rings is 1. The van der Waals surface area contributed by atoms with Crippen molar-refractivity contribution in [3.63, 3.8) is 0 Å². The summed E-state index contributed by atoms with van der Waals surface area (Å²) in [6.45, 7) is 1.20. The molecule has 0 aliphatic heterocycles. The second kappa shape index (κ2) is 7.89. The van der Waals surface area contributed by atoms with Gasteiger partial charge in [0.15, 0.2) is 4.34 Å². The van der Waals surface area contributed by atoms with Gasteiger partial charge in [0.05, 0.1) is 18.5 Å². The number of nitrogens with one attached hydrogen (secondary N) is 1. The first-order chi connectivity index (χ1) is 11.3. The SMILES string of the molecule is O=C(CSc1nncs1)NCc1cnn(Cc2ccccc2)c1. The third-order valence-corrected chi connectivity index (χ3v) is 4.89. The van der Waals surface area contributed by atoms with E-state index in [1.807, 2.05) is 29.1 Å². The molecule has 0 unspecified atom stereocenters. The van der Waals surface area contributed by atoms with Crippen LogP contribution in [0.2, 0.25) is 0 Å². The van der Waals surface area contributed by atoms with Crippen molar-refractivity contribution in [1.29, 1.82) is 0 Å². The number of rotatable bonds is 7. The first-order valence-corrected chi connectivity index (χ1v) is 8.87. The highest BCUT2D eigenvalue weighted by Gasteiger charge is 2.06. The lowest BCUT2D eigenvalue weighted by Gasteiger charge is -2.02. The maximum atomic E-state index is 11.8. The first kappa shape index (κ1) is 15.7. The molecule has 2 heterocycles. The summed E-state index contributed by atoms with van der Waals surface area (Å²) in [6, 6.07) is 10.1. The van der Waals surface area contributed by atoms with E-state index in [0.29, 0.717) is 12.3 Å². The molecule has 0 aliphatic carbocycles. The molecule has 6 nitrogen and oxygen atoms in total. The van der Waals surface area contributed by atoms with E-state index in [1.165, 1.54) is 28.7 Å². The van der Waals surface area contributed by atoms with Crippen molar-refractivity contribution in [3.05, 3.63) is 59.4 Å². The van der Waals surface area contributed by atoms with E-state index in [0.717, 1.165) is 16.4 Å². The molecule has 1 amide bonds. The summed E-state index contributed by atoms with van der Waals surface area (Å²) in [7, 11) is 0. The van der Waals surface area contributed by atoms with Gasteiger partial charge in [0.1, 0.15) is 5.51 Å². The van der Waals surface area contributed by atoms with Crippen LogP contribution in [0.5, 0.6) is 0 Å². The van der Waals surface area contributed by atoms with E-state index in [4.69, 9.17) is 0 Å². The van der Waals surface area contributed by atoms with Crippen molar-refractivity contribution in [2.24, 2.45) is 0 Å². The average Bonchev–Trinajstić information content (AvgIpc) is 3.24. The van der Waals surface area contributed by atoms with Gasteiger partial charge in [-0.2, -0.15) is 5.10 Å². The van der Waals surface area contributed by atoms with Crippen LogP contribution < -0.4 is 5.32 Å². The molecular formula is C15H15N5OS2. The number of hydrogen-bond donors (Lipinski definition) is 1. The topological polar surface area (TPSA) is 72.7 Å². The standard InChI is InChI=1S/C15H15N5OS2/c21-14(10-22-15-19-17-11-23-15)16-6-13-7-18-20(9-13)8-12-4-2-1-3-5-12/h1-5,7,9,11H,6,8,10H2,(H,16,21). The minimum absolute atomic E-state index is 0.0268. The van der Waals surface area contributed by atoms with Crippen molar-refractivity contribution in [3.8, 4) is 0 Å². The lowest BCUT2D eigenvalue weighted by atomic mass is 10.2. The molecule has 0 saturated carbocycles. The van der Waals surface area contributed by atoms with E-state index in [2.05, 4.69) is 32.7 Å². The highest BCUT2D eigenvalue weighted by Crippen LogP contribution is 2.18. The van der Waals surface area contributed by atoms with Crippen LogP contribution >= 0.6 is 23.1 Å². The Bertz CT molecular complexity index is 742. The van der Waals surface area contributed by atoms with Crippen molar-refractivity contribution in [2.45, 2.75) is 17.4 Å². The van der Waals surface area contributed by atoms with Gasteiger partial charge in [-0.15, -0.1) is 10.2 Å². The molecule has 0 radical (unpaired) electrons. The van der Waals surface area contributed by atoms with Crippen molar-refractivity contribution < 1.29 is 4.79 Å². The summed E-state index contributed by atoms with van der Waals surface area (Å²) in [6.07, 6.45) is 3.73. The number of hydrogen-bond acceptors (Lipinski definition) is 6. The number of carbonyl (C=O) groups is 1. The van der Waals surface area contributed by atoms with Crippen LogP contribution in [-0.2, 0) is 17.9 Å². The summed E-state index contributed by atoms with van der Waals surface area (Å²) in [5, 5.41) is 14.8. The fourth-order valence-corrected chi connectivity index (χ4v) is 3.28. The Balaban J connectivity index is 1.44. The number of carbonyl (C=O) groups excluding carboxylic acids is 1. The van der Waals surface area contributed by atoms with Gasteiger partial charge in [0.2, 0.25) is 5.91 Å². The van der Waals surface area contributed by atoms with Crippen molar-refractivity contribution >= 4 is 29.0 Å². The highest BCUT2D eigenvalue weighted by atomic mass is 32.2. The summed E-state index contributed by atoms with van der Waals surface area (Å²) >= 11 is 2.82. The monoisotopic (exact) mass is 345 g/mol. The molecule has 0 atom stereocenters. The maximum absolute atomic E-state index is 11.8. The number of thioether (sulfide) groups is 1. The number of amides is 1. The molecule has 3 rings (SSSR count). The third kappa shape index (κ3) is 4.90. The average molecular weight is 345 g/mol. The van der Waals surface area contributed by atoms with E-state index in [1.54, 1.807) is 11.7 Å². The van der Waals surface area contributed by atoms with Gasteiger partial charge in [-0.05, 0) is 5.56 Å². The van der Waals surface area contributed by atoms with Crippen LogP contribution in [-0.4, -0.2) is 31.6 Å². The summed E-state index contributed by atoms with van der Waals surface area (Å²) < 4.78 is 2.67. The summed E-state index contributed by atoms with van der Waals surface area (Å²) in [5.74, 6) is 0.314. The zero-order valence-corrected chi connectivity index (χ0v) is 13.9. The Labute approximate surface area is 141 Å². The molecule has 2 aromatic heterocycles. The van der Waals surface area contributed by atoms with Gasteiger partial charge >= 0.3 is 0 Å². The zero-order chi connectivity index (χ0) is 15.9. The van der Waals surface area contributed by atoms with Gasteiger partial charge < -0.3 is 5.32 Å². The van der Waals surface area contributed by atoms with Crippen LogP contribution in [0.3, 0.4) is 0 Å². The molecule has 1 aromatic carbocycles. The van der Waals surface area contributed by atoms with Gasteiger partial charge in [-0.1, -0.05) is 53.4 Å². The molecule has 1 N–H and O–H groups in total. The van der Waals surface area contributed by atoms with Crippen molar-refractivity contribution in [1.82, 2.24) is 25.3 Å². The molecule has 0 bridgehead atoms. The van der Waals surface area contributed by atoms with Gasteiger partial charge in [0, 0.05) is 18.3 Å². The Morgan fingerprint density at radius 2 is 2.13 bits per heavy atom. The highest BCUT2D eigenvalue weighted by molar-refractivity contribution is 8.01. The number of nitrogens with zero attached hydrogens (tertiary/aromatic N) is 4. The third-order valence-electron chi connectivity index (χ3n) is 3.03. The Hall–Kier alpha value is -2.19. The van der Waals surface area contributed by atoms with E-state index in [9.17, 15) is 4.79 Å². The predicted molar refractivity (Wildman–Crippen MR) is 90.3 cm³/mol. The molecule has 0 spiro atoms. The Morgan fingerprint density at radius 1 is 1.26 bits per heavy atom. The molecule has 118 valence electrons. The largest absolute Gasteiger partial charge is 0.351 e. The fourth-order valence-electron chi connectivity index (χ4n) is 1.96. The normalized spacial score (nSPS) is 10.6. The quantitative estimate of drug-likeness (QED) is 0.665. The molecule has 8 heteroatoms. The Kier molecular flexibility index (Phi) is 5.38. The van der Waals surface area contributed by atoms with E-state index in [-0.39, 0.29) is 5.91 Å². The van der Waals surface area contributed by atoms with Crippen LogP contribution in [0.25, 0.3) is 0 Å². The van der Waals surface area contributed by atoms with Crippen molar-refractivity contribution in [2.75, 3.05) is 5.75 Å². The molecule has 0 aliphatic rings. The molecular weight excluding hydrogens is 330 g/mol. The van der Waals surface area contributed by atoms with Crippen LogP contribution in [0.4, 0.5) is 0 Å². The lowest BCUT2D eigenvalue weighted by molar-refractivity contribution is -0.118. The minimum Gasteiger partial charge on any atom is -0.351 e. The van der Waals surface area contributed by atoms with Crippen LogP contribution in [0.1, 0.15) is 11.1 Å². The van der Waals surface area contributed by atoms with Gasteiger partial charge in [0.25, 0.3) is 0 Å². The van der Waals surface area contributed by atoms with E-state index >= 15 is 0 Å². The summed E-state index contributed by atoms with van der Waals surface area (Å²) in [4.78, 5) is 11.8. The Morgan fingerprint density at radius 3 is 2.91 bits per heavy atom. The number of aromatic nitrogens is 4. The van der Waals surface area contributed by atoms with E-state index < -0.39 is 0 Å². The van der Waals surface area contributed by atoms with Gasteiger partial charge in [-0.25, -0.2) is 0 Å².